The number of imide groups is 1. The van der Waals surface area contributed by atoms with Gasteiger partial charge in [0.1, 0.15) is 12.9 Å². The van der Waals surface area contributed by atoms with Crippen molar-refractivity contribution in [2.24, 2.45) is 5.92 Å². The van der Waals surface area contributed by atoms with Crippen LogP contribution in [0.25, 0.3) is 0 Å². The quantitative estimate of drug-likeness (QED) is 0.625. The number of nitrogens with zero attached hydrogens (tertiary/aromatic N) is 1. The van der Waals surface area contributed by atoms with Crippen LogP contribution in [-0.2, 0) is 32.1 Å². The zero-order chi connectivity index (χ0) is 19.8. The van der Waals surface area contributed by atoms with Crippen LogP contribution < -0.4 is 0 Å². The molecule has 0 bridgehead atoms. The van der Waals surface area contributed by atoms with Crippen LogP contribution >= 0.6 is 0 Å². The van der Waals surface area contributed by atoms with Gasteiger partial charge in [-0.15, -0.1) is 0 Å². The summed E-state index contributed by atoms with van der Waals surface area (Å²) in [6.45, 7) is 0.549. The Kier molecular flexibility index (Phi) is 6.92. The van der Waals surface area contributed by atoms with Crippen molar-refractivity contribution < 1.29 is 23.9 Å². The molecule has 1 aliphatic rings. The second-order valence-corrected chi connectivity index (χ2v) is 6.73. The Morgan fingerprint density at radius 3 is 2.39 bits per heavy atom. The highest BCUT2D eigenvalue weighted by Crippen LogP contribution is 2.21. The molecule has 0 saturated carbocycles. The molecule has 2 aromatic carbocycles. The highest BCUT2D eigenvalue weighted by atomic mass is 16.6. The zero-order valence-electron chi connectivity index (χ0n) is 15.5. The number of amides is 2. The first kappa shape index (κ1) is 19.8. The Labute approximate surface area is 164 Å². The molecule has 0 spiro atoms. The molecule has 0 radical (unpaired) electrons. The minimum atomic E-state index is -0.717. The smallest absolute Gasteiger partial charge is 0.416 e. The predicted molar refractivity (Wildman–Crippen MR) is 102 cm³/mol. The maximum absolute atomic E-state index is 13.0. The first-order valence-corrected chi connectivity index (χ1v) is 9.28. The Morgan fingerprint density at radius 1 is 1.11 bits per heavy atom. The molecular formula is C22H23NO5. The van der Waals surface area contributed by atoms with Gasteiger partial charge in [0.2, 0.25) is 5.91 Å². The lowest BCUT2D eigenvalue weighted by molar-refractivity contribution is -0.137. The maximum Gasteiger partial charge on any atom is 0.416 e. The second kappa shape index (κ2) is 9.80. The molecule has 1 heterocycles. The minimum Gasteiger partial charge on any atom is -0.447 e. The standard InChI is InChI=1S/C22H23NO5/c24-12-11-19(15-27-14-18-9-5-2-6-10-18)21(25)23-20(16-28-22(23)26)13-17-7-3-1-4-8-17/h1-10,12,19-20H,11,13-16H2/t19?,20-/m1/s1. The van der Waals surface area contributed by atoms with E-state index in [-0.39, 0.29) is 25.7 Å². The summed E-state index contributed by atoms with van der Waals surface area (Å²) < 4.78 is 10.8. The average molecular weight is 381 g/mol. The molecule has 1 unspecified atom stereocenters. The molecule has 2 aromatic rings. The van der Waals surface area contributed by atoms with Gasteiger partial charge in [0.05, 0.1) is 25.2 Å². The van der Waals surface area contributed by atoms with Crippen LogP contribution in [0.5, 0.6) is 0 Å². The van der Waals surface area contributed by atoms with Gasteiger partial charge in [0, 0.05) is 6.42 Å². The number of ether oxygens (including phenoxy) is 2. The fourth-order valence-electron chi connectivity index (χ4n) is 3.21. The molecule has 6 nitrogen and oxygen atoms in total. The van der Waals surface area contributed by atoms with E-state index in [0.717, 1.165) is 16.0 Å². The summed E-state index contributed by atoms with van der Waals surface area (Å²) in [4.78, 5) is 37.4. The average Bonchev–Trinajstić information content (AvgIpc) is 3.08. The summed E-state index contributed by atoms with van der Waals surface area (Å²) in [7, 11) is 0. The van der Waals surface area contributed by atoms with Crippen LogP contribution in [0.15, 0.2) is 60.7 Å². The molecule has 6 heteroatoms. The summed E-state index contributed by atoms with van der Waals surface area (Å²) >= 11 is 0. The third-order valence-electron chi connectivity index (χ3n) is 4.67. The molecule has 2 amide bonds. The van der Waals surface area contributed by atoms with Gasteiger partial charge in [-0.25, -0.2) is 9.69 Å². The van der Waals surface area contributed by atoms with Gasteiger partial charge in [-0.1, -0.05) is 60.7 Å². The van der Waals surface area contributed by atoms with Gasteiger partial charge in [0.15, 0.2) is 0 Å². The van der Waals surface area contributed by atoms with Crippen LogP contribution in [0.1, 0.15) is 17.5 Å². The van der Waals surface area contributed by atoms with Crippen LogP contribution in [0.2, 0.25) is 0 Å². The van der Waals surface area contributed by atoms with Crippen molar-refractivity contribution in [1.29, 1.82) is 0 Å². The van der Waals surface area contributed by atoms with E-state index >= 15 is 0 Å². The molecular weight excluding hydrogens is 358 g/mol. The van der Waals surface area contributed by atoms with Gasteiger partial charge >= 0.3 is 6.09 Å². The molecule has 0 aliphatic carbocycles. The predicted octanol–water partition coefficient (Wildman–Crippen LogP) is 3.00. The maximum atomic E-state index is 13.0. The lowest BCUT2D eigenvalue weighted by Crippen LogP contribution is -2.44. The monoisotopic (exact) mass is 381 g/mol. The van der Waals surface area contributed by atoms with Crippen molar-refractivity contribution in [3.63, 3.8) is 0 Å². The van der Waals surface area contributed by atoms with Gasteiger partial charge < -0.3 is 14.3 Å². The number of hydrogen-bond acceptors (Lipinski definition) is 5. The molecule has 146 valence electrons. The number of rotatable bonds is 9. The molecule has 0 N–H and O–H groups in total. The third-order valence-corrected chi connectivity index (χ3v) is 4.67. The Hall–Kier alpha value is -2.99. The number of aldehydes is 1. The first-order valence-electron chi connectivity index (χ1n) is 9.28. The second-order valence-electron chi connectivity index (χ2n) is 6.73. The molecule has 3 rings (SSSR count). The van der Waals surface area contributed by atoms with Crippen LogP contribution in [0.3, 0.4) is 0 Å². The van der Waals surface area contributed by atoms with Crippen molar-refractivity contribution >= 4 is 18.3 Å². The lowest BCUT2D eigenvalue weighted by atomic mass is 10.0. The molecule has 1 fully saturated rings. The topological polar surface area (TPSA) is 72.9 Å². The Balaban J connectivity index is 1.64. The fraction of sp³-hybridized carbons (Fsp3) is 0.318. The minimum absolute atomic E-state index is 0.00450. The number of cyclic esters (lactones) is 1. The normalized spacial score (nSPS) is 17.2. The van der Waals surface area contributed by atoms with E-state index in [0.29, 0.717) is 19.3 Å². The van der Waals surface area contributed by atoms with Gasteiger partial charge in [-0.3, -0.25) is 4.79 Å². The zero-order valence-corrected chi connectivity index (χ0v) is 15.5. The molecule has 28 heavy (non-hydrogen) atoms. The van der Waals surface area contributed by atoms with Crippen molar-refractivity contribution in [3.8, 4) is 0 Å². The molecule has 1 saturated heterocycles. The van der Waals surface area contributed by atoms with Crippen molar-refractivity contribution in [3.05, 3.63) is 71.8 Å². The van der Waals surface area contributed by atoms with Crippen LogP contribution in [0, 0.1) is 5.92 Å². The van der Waals surface area contributed by atoms with Crippen molar-refractivity contribution in [2.45, 2.75) is 25.5 Å². The largest absolute Gasteiger partial charge is 0.447 e. The van der Waals surface area contributed by atoms with Gasteiger partial charge in [0.25, 0.3) is 0 Å². The third kappa shape index (κ3) is 5.04. The summed E-state index contributed by atoms with van der Waals surface area (Å²) in [6, 6.07) is 18.8. The van der Waals surface area contributed by atoms with E-state index in [2.05, 4.69) is 0 Å². The summed E-state index contributed by atoms with van der Waals surface area (Å²) in [5, 5.41) is 0. The summed E-state index contributed by atoms with van der Waals surface area (Å²) in [5.41, 5.74) is 1.98. The van der Waals surface area contributed by atoms with Crippen molar-refractivity contribution in [1.82, 2.24) is 4.90 Å². The number of carbonyl (C=O) groups excluding carboxylic acids is 3. The summed E-state index contributed by atoms with van der Waals surface area (Å²) in [6.07, 6.45) is 0.527. The Bertz CT molecular complexity index is 793. The highest BCUT2D eigenvalue weighted by Gasteiger charge is 2.40. The van der Waals surface area contributed by atoms with E-state index in [9.17, 15) is 14.4 Å². The highest BCUT2D eigenvalue weighted by molar-refractivity contribution is 5.95. The van der Waals surface area contributed by atoms with E-state index in [4.69, 9.17) is 9.47 Å². The van der Waals surface area contributed by atoms with E-state index < -0.39 is 17.9 Å². The number of hydrogen-bond donors (Lipinski definition) is 0. The SMILES string of the molecule is O=CCC(COCc1ccccc1)C(=O)N1C(=O)OC[C@H]1Cc1ccccc1. The lowest BCUT2D eigenvalue weighted by Gasteiger charge is -2.24. The summed E-state index contributed by atoms with van der Waals surface area (Å²) in [5.74, 6) is -1.14. The first-order chi connectivity index (χ1) is 13.7. The Morgan fingerprint density at radius 2 is 1.75 bits per heavy atom. The van der Waals surface area contributed by atoms with Gasteiger partial charge in [-0.2, -0.15) is 0 Å². The molecule has 1 aliphatic heterocycles. The van der Waals surface area contributed by atoms with E-state index in [1.807, 2.05) is 60.7 Å². The molecule has 2 atom stereocenters. The van der Waals surface area contributed by atoms with E-state index in [1.54, 1.807) is 0 Å². The van der Waals surface area contributed by atoms with Crippen LogP contribution in [0.4, 0.5) is 4.79 Å². The van der Waals surface area contributed by atoms with Crippen LogP contribution in [-0.4, -0.2) is 42.4 Å². The number of carbonyl (C=O) groups is 3. The van der Waals surface area contributed by atoms with Gasteiger partial charge in [-0.05, 0) is 17.5 Å². The molecule has 0 aromatic heterocycles. The van der Waals surface area contributed by atoms with Crippen molar-refractivity contribution in [2.75, 3.05) is 13.2 Å². The fourth-order valence-corrected chi connectivity index (χ4v) is 3.21. The number of benzene rings is 2. The van der Waals surface area contributed by atoms with E-state index in [1.165, 1.54) is 0 Å².